The first kappa shape index (κ1) is 23.8. The number of amides is 1. The minimum absolute atomic E-state index is 0.0813. The average Bonchev–Trinajstić information content (AvgIpc) is 3.45. The highest BCUT2D eigenvalue weighted by atomic mass is 19.1. The molecule has 0 radical (unpaired) electrons. The van der Waals surface area contributed by atoms with Crippen molar-refractivity contribution in [1.29, 1.82) is 0 Å². The maximum atomic E-state index is 14.5. The fraction of sp³-hybridized carbons (Fsp3) is 0.370. The molecule has 1 aliphatic heterocycles. The third-order valence-electron chi connectivity index (χ3n) is 6.48. The molecule has 1 N–H and O–H groups in total. The number of nitrogens with zero attached hydrogens (tertiary/aromatic N) is 5. The highest BCUT2D eigenvalue weighted by molar-refractivity contribution is 5.91. The Kier molecular flexibility index (Phi) is 6.88. The van der Waals surface area contributed by atoms with Crippen molar-refractivity contribution in [3.05, 3.63) is 65.6 Å². The van der Waals surface area contributed by atoms with Crippen LogP contribution in [0.2, 0.25) is 0 Å². The SMILES string of the molecule is CC(C)c1ccc(-c2noc(CCC(=O)Nc3cc(-c4nnc5n4CCCCC5)ccc3F)n2)cc1. The standard InChI is InChI=1S/C27H29FN6O2/c1-17(2)18-7-9-19(10-8-18)26-30-25(36-33-26)14-13-24(35)29-22-16-20(11-12-21(22)28)27-32-31-23-6-4-3-5-15-34(23)27/h7-12,16-17H,3-6,13-15H2,1-2H3,(H,29,35). The van der Waals surface area contributed by atoms with Gasteiger partial charge in [0.2, 0.25) is 17.6 Å². The van der Waals surface area contributed by atoms with Crippen LogP contribution in [0.1, 0.15) is 62.7 Å². The van der Waals surface area contributed by atoms with E-state index in [4.69, 9.17) is 4.52 Å². The number of fused-ring (bicyclic) bond motifs is 1. The number of nitrogens with one attached hydrogen (secondary N) is 1. The van der Waals surface area contributed by atoms with Crippen LogP contribution >= 0.6 is 0 Å². The van der Waals surface area contributed by atoms with Gasteiger partial charge in [0.15, 0.2) is 5.82 Å². The van der Waals surface area contributed by atoms with Crippen LogP contribution in [0.5, 0.6) is 0 Å². The zero-order valence-electron chi connectivity index (χ0n) is 20.5. The molecule has 0 saturated heterocycles. The van der Waals surface area contributed by atoms with Crippen molar-refractivity contribution in [2.75, 3.05) is 5.32 Å². The minimum Gasteiger partial charge on any atom is -0.339 e. The number of hydrogen-bond acceptors (Lipinski definition) is 6. The van der Waals surface area contributed by atoms with Gasteiger partial charge in [-0.1, -0.05) is 49.7 Å². The Morgan fingerprint density at radius 3 is 2.69 bits per heavy atom. The second-order valence-electron chi connectivity index (χ2n) is 9.43. The van der Waals surface area contributed by atoms with Crippen molar-refractivity contribution in [3.8, 4) is 22.8 Å². The molecule has 186 valence electrons. The summed E-state index contributed by atoms with van der Waals surface area (Å²) in [4.78, 5) is 17.0. The maximum Gasteiger partial charge on any atom is 0.227 e. The van der Waals surface area contributed by atoms with Gasteiger partial charge in [-0.2, -0.15) is 4.98 Å². The number of hydrogen-bond donors (Lipinski definition) is 1. The maximum absolute atomic E-state index is 14.5. The predicted octanol–water partition coefficient (Wildman–Crippen LogP) is 5.56. The highest BCUT2D eigenvalue weighted by Crippen LogP contribution is 2.27. The van der Waals surface area contributed by atoms with Gasteiger partial charge in [-0.3, -0.25) is 4.79 Å². The molecule has 1 amide bonds. The zero-order valence-corrected chi connectivity index (χ0v) is 20.5. The quantitative estimate of drug-likeness (QED) is 0.366. The lowest BCUT2D eigenvalue weighted by Gasteiger charge is -2.10. The van der Waals surface area contributed by atoms with E-state index >= 15 is 0 Å². The van der Waals surface area contributed by atoms with Gasteiger partial charge >= 0.3 is 0 Å². The van der Waals surface area contributed by atoms with Crippen LogP contribution < -0.4 is 5.32 Å². The van der Waals surface area contributed by atoms with E-state index < -0.39 is 5.82 Å². The first-order valence-corrected chi connectivity index (χ1v) is 12.4. The van der Waals surface area contributed by atoms with E-state index in [9.17, 15) is 9.18 Å². The molecule has 5 rings (SSSR count). The lowest BCUT2D eigenvalue weighted by molar-refractivity contribution is -0.116. The molecule has 0 spiro atoms. The van der Waals surface area contributed by atoms with Crippen LogP contribution in [0.25, 0.3) is 22.8 Å². The molecule has 2 aromatic heterocycles. The Morgan fingerprint density at radius 1 is 1.08 bits per heavy atom. The fourth-order valence-corrected chi connectivity index (χ4v) is 4.38. The van der Waals surface area contributed by atoms with Crippen molar-refractivity contribution in [2.24, 2.45) is 0 Å². The molecule has 0 aliphatic carbocycles. The van der Waals surface area contributed by atoms with E-state index in [0.717, 1.165) is 49.2 Å². The lowest BCUT2D eigenvalue weighted by atomic mass is 10.0. The molecule has 0 bridgehead atoms. The molecule has 2 aromatic carbocycles. The van der Waals surface area contributed by atoms with Crippen molar-refractivity contribution >= 4 is 11.6 Å². The number of halogens is 1. The molecule has 9 heteroatoms. The number of aromatic nitrogens is 5. The van der Waals surface area contributed by atoms with E-state index in [1.54, 1.807) is 12.1 Å². The van der Waals surface area contributed by atoms with Gasteiger partial charge in [-0.25, -0.2) is 4.39 Å². The molecule has 0 atom stereocenters. The minimum atomic E-state index is -0.507. The van der Waals surface area contributed by atoms with Crippen LogP contribution in [0, 0.1) is 5.82 Å². The lowest BCUT2D eigenvalue weighted by Crippen LogP contribution is -2.14. The van der Waals surface area contributed by atoms with E-state index in [0.29, 0.717) is 23.5 Å². The summed E-state index contributed by atoms with van der Waals surface area (Å²) in [6.45, 7) is 5.11. The largest absolute Gasteiger partial charge is 0.339 e. The molecule has 0 unspecified atom stereocenters. The van der Waals surface area contributed by atoms with Crippen molar-refractivity contribution < 1.29 is 13.7 Å². The third-order valence-corrected chi connectivity index (χ3v) is 6.48. The number of carbonyl (C=O) groups excluding carboxylic acids is 1. The van der Waals surface area contributed by atoms with Gasteiger partial charge in [0.25, 0.3) is 0 Å². The van der Waals surface area contributed by atoms with Gasteiger partial charge in [0, 0.05) is 36.9 Å². The van der Waals surface area contributed by atoms with Crippen molar-refractivity contribution in [3.63, 3.8) is 0 Å². The zero-order chi connectivity index (χ0) is 25.1. The van der Waals surface area contributed by atoms with Crippen LogP contribution in [0.4, 0.5) is 10.1 Å². The Morgan fingerprint density at radius 2 is 1.89 bits per heavy atom. The van der Waals surface area contributed by atoms with Gasteiger partial charge in [-0.05, 0) is 42.5 Å². The van der Waals surface area contributed by atoms with Crippen LogP contribution in [-0.4, -0.2) is 30.8 Å². The number of rotatable bonds is 7. The number of aryl methyl sites for hydroxylation is 2. The average molecular weight is 489 g/mol. The molecule has 4 aromatic rings. The first-order chi connectivity index (χ1) is 17.5. The molecule has 3 heterocycles. The smallest absolute Gasteiger partial charge is 0.227 e. The summed E-state index contributed by atoms with van der Waals surface area (Å²) in [5.74, 6) is 2.07. The Labute approximate surface area is 209 Å². The second-order valence-corrected chi connectivity index (χ2v) is 9.43. The third kappa shape index (κ3) is 5.19. The monoisotopic (exact) mass is 488 g/mol. The topological polar surface area (TPSA) is 98.7 Å². The van der Waals surface area contributed by atoms with Gasteiger partial charge in [-0.15, -0.1) is 10.2 Å². The normalized spacial score (nSPS) is 13.4. The van der Waals surface area contributed by atoms with Gasteiger partial charge in [0.1, 0.15) is 11.6 Å². The van der Waals surface area contributed by atoms with Crippen LogP contribution in [0.15, 0.2) is 47.0 Å². The number of anilines is 1. The van der Waals surface area contributed by atoms with Gasteiger partial charge in [0.05, 0.1) is 5.69 Å². The highest BCUT2D eigenvalue weighted by Gasteiger charge is 2.18. The number of carbonyl (C=O) groups is 1. The van der Waals surface area contributed by atoms with E-state index in [-0.39, 0.29) is 24.4 Å². The summed E-state index contributed by atoms with van der Waals surface area (Å²) in [5.41, 5.74) is 2.91. The predicted molar refractivity (Wildman–Crippen MR) is 134 cm³/mol. The van der Waals surface area contributed by atoms with E-state index in [1.807, 2.05) is 24.3 Å². The van der Waals surface area contributed by atoms with Crippen LogP contribution in [-0.2, 0) is 24.2 Å². The molecular formula is C27H29FN6O2. The summed E-state index contributed by atoms with van der Waals surface area (Å²) in [6, 6.07) is 12.6. The van der Waals surface area contributed by atoms with Crippen LogP contribution in [0.3, 0.4) is 0 Å². The molecule has 36 heavy (non-hydrogen) atoms. The molecule has 0 saturated carbocycles. The number of benzene rings is 2. The molecule has 1 aliphatic rings. The Hall–Kier alpha value is -3.88. The van der Waals surface area contributed by atoms with E-state index in [2.05, 4.69) is 44.1 Å². The van der Waals surface area contributed by atoms with Crippen molar-refractivity contribution in [2.45, 2.75) is 64.8 Å². The summed E-state index contributed by atoms with van der Waals surface area (Å²) < 4.78 is 21.9. The molecule has 8 nitrogen and oxygen atoms in total. The fourth-order valence-electron chi connectivity index (χ4n) is 4.38. The Balaban J connectivity index is 1.23. The molecular weight excluding hydrogens is 459 g/mol. The first-order valence-electron chi connectivity index (χ1n) is 12.4. The van der Waals surface area contributed by atoms with E-state index in [1.165, 1.54) is 11.6 Å². The summed E-state index contributed by atoms with van der Waals surface area (Å²) >= 11 is 0. The summed E-state index contributed by atoms with van der Waals surface area (Å²) in [5, 5.41) is 15.3. The summed E-state index contributed by atoms with van der Waals surface area (Å²) in [6.07, 6.45) is 4.52. The van der Waals surface area contributed by atoms with Crippen molar-refractivity contribution in [1.82, 2.24) is 24.9 Å². The second kappa shape index (κ2) is 10.4. The summed E-state index contributed by atoms with van der Waals surface area (Å²) in [7, 11) is 0. The van der Waals surface area contributed by atoms with Gasteiger partial charge < -0.3 is 14.4 Å². The Bertz CT molecular complexity index is 1360. The molecule has 0 fully saturated rings.